The van der Waals surface area contributed by atoms with Gasteiger partial charge >= 0.3 is 0 Å². The fourth-order valence-corrected chi connectivity index (χ4v) is 1.66. The first-order valence-corrected chi connectivity index (χ1v) is 5.37. The molecule has 2 aromatic carbocycles. The highest BCUT2D eigenvalue weighted by atomic mass is 19.1. The van der Waals surface area contributed by atoms with Gasteiger partial charge in [-0.3, -0.25) is 0 Å². The maximum atomic E-state index is 13.5. The summed E-state index contributed by atoms with van der Waals surface area (Å²) in [5.74, 6) is -0.642. The predicted molar refractivity (Wildman–Crippen MR) is 64.4 cm³/mol. The maximum Gasteiger partial charge on any atom is 0.128 e. The van der Waals surface area contributed by atoms with Gasteiger partial charge in [-0.1, -0.05) is 24.3 Å². The molecular formula is C14H13F2N. The molecule has 0 bridgehead atoms. The minimum Gasteiger partial charge on any atom is -0.326 e. The Morgan fingerprint density at radius 3 is 2.06 bits per heavy atom. The van der Waals surface area contributed by atoms with E-state index in [1.54, 1.807) is 31.2 Å². The lowest BCUT2D eigenvalue weighted by atomic mass is 10.0. The molecule has 0 aliphatic heterocycles. The van der Waals surface area contributed by atoms with E-state index in [0.29, 0.717) is 22.3 Å². The molecule has 2 N–H and O–H groups in total. The number of rotatable bonds is 2. The summed E-state index contributed by atoms with van der Waals surface area (Å²) in [6, 6.07) is 9.62. The molecule has 2 aromatic rings. The summed E-state index contributed by atoms with van der Waals surface area (Å²) in [5, 5.41) is 0. The van der Waals surface area contributed by atoms with Crippen LogP contribution in [0.3, 0.4) is 0 Å². The fraction of sp³-hybridized carbons (Fsp3) is 0.143. The van der Waals surface area contributed by atoms with Crippen molar-refractivity contribution in [2.24, 2.45) is 5.73 Å². The van der Waals surface area contributed by atoms with E-state index in [0.717, 1.165) is 0 Å². The first kappa shape index (κ1) is 11.7. The Hall–Kier alpha value is -1.74. The molecule has 0 aromatic heterocycles. The molecule has 0 amide bonds. The summed E-state index contributed by atoms with van der Waals surface area (Å²) < 4.78 is 26.9. The van der Waals surface area contributed by atoms with Crippen LogP contribution in [0.25, 0.3) is 11.1 Å². The van der Waals surface area contributed by atoms with Crippen molar-refractivity contribution in [2.75, 3.05) is 0 Å². The number of halogens is 2. The lowest BCUT2D eigenvalue weighted by Crippen LogP contribution is -1.99. The van der Waals surface area contributed by atoms with Crippen molar-refractivity contribution >= 4 is 0 Å². The van der Waals surface area contributed by atoms with E-state index in [9.17, 15) is 8.78 Å². The Labute approximate surface area is 98.9 Å². The molecule has 0 heterocycles. The van der Waals surface area contributed by atoms with Gasteiger partial charge in [-0.2, -0.15) is 0 Å². The molecular weight excluding hydrogens is 220 g/mol. The van der Waals surface area contributed by atoms with Crippen LogP contribution in [0.5, 0.6) is 0 Å². The van der Waals surface area contributed by atoms with E-state index in [4.69, 9.17) is 5.73 Å². The second-order valence-corrected chi connectivity index (χ2v) is 3.97. The highest BCUT2D eigenvalue weighted by Crippen LogP contribution is 2.23. The Kier molecular flexibility index (Phi) is 3.20. The molecule has 3 heteroatoms. The molecule has 1 nitrogen and oxygen atoms in total. The molecule has 0 aliphatic carbocycles. The molecule has 0 aliphatic rings. The lowest BCUT2D eigenvalue weighted by Gasteiger charge is -2.06. The highest BCUT2D eigenvalue weighted by Gasteiger charge is 2.05. The lowest BCUT2D eigenvalue weighted by molar-refractivity contribution is 0.610. The van der Waals surface area contributed by atoms with Crippen LogP contribution < -0.4 is 5.73 Å². The smallest absolute Gasteiger partial charge is 0.128 e. The average molecular weight is 233 g/mol. The van der Waals surface area contributed by atoms with Crippen LogP contribution in [0.4, 0.5) is 8.78 Å². The first-order chi connectivity index (χ1) is 8.11. The molecule has 0 atom stereocenters. The van der Waals surface area contributed by atoms with Gasteiger partial charge in [0, 0.05) is 12.1 Å². The zero-order chi connectivity index (χ0) is 12.4. The second-order valence-electron chi connectivity index (χ2n) is 3.97. The molecule has 88 valence electrons. The van der Waals surface area contributed by atoms with Crippen LogP contribution in [0.2, 0.25) is 0 Å². The van der Waals surface area contributed by atoms with Gasteiger partial charge in [0.05, 0.1) is 0 Å². The minimum absolute atomic E-state index is 0.161. The van der Waals surface area contributed by atoms with Gasteiger partial charge in [0.25, 0.3) is 0 Å². The van der Waals surface area contributed by atoms with Crippen molar-refractivity contribution in [1.29, 1.82) is 0 Å². The normalized spacial score (nSPS) is 10.6. The monoisotopic (exact) mass is 233 g/mol. The third kappa shape index (κ3) is 2.34. The van der Waals surface area contributed by atoms with Crippen molar-refractivity contribution in [3.8, 4) is 11.1 Å². The highest BCUT2D eigenvalue weighted by molar-refractivity contribution is 5.64. The Morgan fingerprint density at radius 2 is 1.53 bits per heavy atom. The quantitative estimate of drug-likeness (QED) is 0.845. The summed E-state index contributed by atoms with van der Waals surface area (Å²) in [6.45, 7) is 1.85. The van der Waals surface area contributed by atoms with Crippen LogP contribution in [-0.2, 0) is 6.54 Å². The van der Waals surface area contributed by atoms with Gasteiger partial charge in [0.2, 0.25) is 0 Å². The third-order valence-corrected chi connectivity index (χ3v) is 2.78. The Bertz CT molecular complexity index is 550. The topological polar surface area (TPSA) is 26.0 Å². The number of hydrogen-bond donors (Lipinski definition) is 1. The van der Waals surface area contributed by atoms with Gasteiger partial charge in [-0.05, 0) is 35.7 Å². The van der Waals surface area contributed by atoms with E-state index in [1.165, 1.54) is 12.1 Å². The van der Waals surface area contributed by atoms with Crippen LogP contribution in [0, 0.1) is 18.6 Å². The van der Waals surface area contributed by atoms with E-state index < -0.39 is 0 Å². The maximum absolute atomic E-state index is 13.5. The molecule has 0 saturated heterocycles. The molecule has 0 saturated carbocycles. The molecule has 0 radical (unpaired) electrons. The third-order valence-electron chi connectivity index (χ3n) is 2.78. The molecule has 17 heavy (non-hydrogen) atoms. The average Bonchev–Trinajstić information content (AvgIpc) is 2.32. The van der Waals surface area contributed by atoms with E-state index in [2.05, 4.69) is 0 Å². The van der Waals surface area contributed by atoms with E-state index in [-0.39, 0.29) is 18.2 Å². The van der Waals surface area contributed by atoms with Gasteiger partial charge in [-0.15, -0.1) is 0 Å². The van der Waals surface area contributed by atoms with Crippen molar-refractivity contribution in [3.63, 3.8) is 0 Å². The van der Waals surface area contributed by atoms with Crippen molar-refractivity contribution < 1.29 is 8.78 Å². The van der Waals surface area contributed by atoms with Gasteiger partial charge < -0.3 is 5.73 Å². The molecule has 2 rings (SSSR count). The number of benzene rings is 2. The van der Waals surface area contributed by atoms with E-state index in [1.807, 2.05) is 0 Å². The largest absolute Gasteiger partial charge is 0.326 e. The standard InChI is InChI=1S/C14H13F2N/c1-9-2-3-10(6-13(9)15)11-4-5-12(8-17)14(16)7-11/h2-7H,8,17H2,1H3. The SMILES string of the molecule is Cc1ccc(-c2ccc(CN)c(F)c2)cc1F. The van der Waals surface area contributed by atoms with E-state index >= 15 is 0 Å². The minimum atomic E-state index is -0.356. The van der Waals surface area contributed by atoms with Crippen molar-refractivity contribution in [2.45, 2.75) is 13.5 Å². The summed E-state index contributed by atoms with van der Waals surface area (Å²) in [4.78, 5) is 0. The number of nitrogens with two attached hydrogens (primary N) is 1. The number of hydrogen-bond acceptors (Lipinski definition) is 1. The Balaban J connectivity index is 2.46. The Morgan fingerprint density at radius 1 is 0.941 bits per heavy atom. The van der Waals surface area contributed by atoms with Gasteiger partial charge in [0.1, 0.15) is 11.6 Å². The van der Waals surface area contributed by atoms with Crippen LogP contribution in [0.1, 0.15) is 11.1 Å². The zero-order valence-corrected chi connectivity index (χ0v) is 9.50. The predicted octanol–water partition coefficient (Wildman–Crippen LogP) is 3.40. The summed E-state index contributed by atoms with van der Waals surface area (Å²) in [6.07, 6.45) is 0. The fourth-order valence-electron chi connectivity index (χ4n) is 1.66. The molecule has 0 unspecified atom stereocenters. The van der Waals surface area contributed by atoms with Crippen LogP contribution in [0.15, 0.2) is 36.4 Å². The van der Waals surface area contributed by atoms with Crippen LogP contribution in [-0.4, -0.2) is 0 Å². The van der Waals surface area contributed by atoms with Crippen molar-refractivity contribution in [1.82, 2.24) is 0 Å². The summed E-state index contributed by atoms with van der Waals surface area (Å²) >= 11 is 0. The van der Waals surface area contributed by atoms with Gasteiger partial charge in [-0.25, -0.2) is 8.78 Å². The van der Waals surface area contributed by atoms with Crippen LogP contribution >= 0.6 is 0 Å². The first-order valence-electron chi connectivity index (χ1n) is 5.37. The zero-order valence-electron chi connectivity index (χ0n) is 9.50. The summed E-state index contributed by atoms with van der Waals surface area (Å²) in [5.41, 5.74) is 7.73. The second kappa shape index (κ2) is 4.63. The van der Waals surface area contributed by atoms with Crippen molar-refractivity contribution in [3.05, 3.63) is 59.2 Å². The molecule has 0 fully saturated rings. The molecule has 0 spiro atoms. The number of aryl methyl sites for hydroxylation is 1. The summed E-state index contributed by atoms with van der Waals surface area (Å²) in [7, 11) is 0. The van der Waals surface area contributed by atoms with Gasteiger partial charge in [0.15, 0.2) is 0 Å².